The molecule has 2 aromatic rings. The molecule has 22 heavy (non-hydrogen) atoms. The quantitative estimate of drug-likeness (QED) is 0.944. The van der Waals surface area contributed by atoms with Crippen molar-refractivity contribution >= 4 is 17.5 Å². The van der Waals surface area contributed by atoms with Gasteiger partial charge in [0.05, 0.1) is 13.2 Å². The van der Waals surface area contributed by atoms with Gasteiger partial charge in [-0.3, -0.25) is 4.79 Å². The van der Waals surface area contributed by atoms with E-state index >= 15 is 0 Å². The van der Waals surface area contributed by atoms with Crippen LogP contribution < -0.4 is 10.1 Å². The molecule has 1 aromatic heterocycles. The molecule has 6 heteroatoms. The summed E-state index contributed by atoms with van der Waals surface area (Å²) >= 11 is 5.77. The van der Waals surface area contributed by atoms with Gasteiger partial charge in [0.15, 0.2) is 11.0 Å². The molecule has 1 aliphatic heterocycles. The van der Waals surface area contributed by atoms with Crippen LogP contribution in [0.5, 0.6) is 5.75 Å². The molecular weight excluding hydrogens is 304 g/mol. The second-order valence-electron chi connectivity index (χ2n) is 5.06. The van der Waals surface area contributed by atoms with Gasteiger partial charge >= 0.3 is 0 Å². The number of ether oxygens (including phenoxy) is 1. The van der Waals surface area contributed by atoms with E-state index in [1.54, 1.807) is 24.1 Å². The van der Waals surface area contributed by atoms with Crippen LogP contribution in [0.2, 0.25) is 5.22 Å². The van der Waals surface area contributed by atoms with Gasteiger partial charge in [-0.1, -0.05) is 18.2 Å². The van der Waals surface area contributed by atoms with E-state index in [9.17, 15) is 4.79 Å². The highest BCUT2D eigenvalue weighted by Crippen LogP contribution is 2.31. The molecule has 1 amide bonds. The minimum atomic E-state index is -0.163. The van der Waals surface area contributed by atoms with Crippen molar-refractivity contribution in [1.82, 2.24) is 10.2 Å². The molecule has 1 unspecified atom stereocenters. The standard InChI is InChI=1S/C16H17ClN2O3/c1-21-13-5-3-2-4-11(13)12-10-18-8-9-19(12)16(20)14-6-7-15(17)22-14/h2-7,12,18H,8-10H2,1H3. The number of piperazine rings is 1. The van der Waals surface area contributed by atoms with Gasteiger partial charge in [0.25, 0.3) is 5.91 Å². The Morgan fingerprint density at radius 1 is 1.36 bits per heavy atom. The Hall–Kier alpha value is -1.98. The maximum atomic E-state index is 12.7. The van der Waals surface area contributed by atoms with E-state index in [1.807, 2.05) is 24.3 Å². The molecule has 1 saturated heterocycles. The molecule has 5 nitrogen and oxygen atoms in total. The highest BCUT2D eigenvalue weighted by molar-refractivity contribution is 6.29. The van der Waals surface area contributed by atoms with Gasteiger partial charge < -0.3 is 19.4 Å². The number of nitrogens with one attached hydrogen (secondary N) is 1. The first kappa shape index (κ1) is 14.9. The number of carbonyl (C=O) groups is 1. The van der Waals surface area contributed by atoms with E-state index in [2.05, 4.69) is 5.32 Å². The number of para-hydroxylation sites is 1. The number of nitrogens with zero attached hydrogens (tertiary/aromatic N) is 1. The Balaban J connectivity index is 1.93. The molecule has 0 bridgehead atoms. The third kappa shape index (κ3) is 2.82. The molecular formula is C16H17ClN2O3. The summed E-state index contributed by atoms with van der Waals surface area (Å²) in [5.41, 5.74) is 0.975. The van der Waals surface area contributed by atoms with Crippen molar-refractivity contribution in [3.8, 4) is 5.75 Å². The van der Waals surface area contributed by atoms with Gasteiger partial charge in [0.1, 0.15) is 5.75 Å². The molecule has 0 saturated carbocycles. The van der Waals surface area contributed by atoms with E-state index in [-0.39, 0.29) is 22.9 Å². The lowest BCUT2D eigenvalue weighted by molar-refractivity contribution is 0.0599. The third-order valence-corrected chi connectivity index (χ3v) is 3.99. The van der Waals surface area contributed by atoms with E-state index in [0.29, 0.717) is 13.1 Å². The zero-order valence-electron chi connectivity index (χ0n) is 12.2. The van der Waals surface area contributed by atoms with Crippen LogP contribution in [0, 0.1) is 0 Å². The summed E-state index contributed by atoms with van der Waals surface area (Å²) in [6.45, 7) is 2.01. The Morgan fingerprint density at radius 3 is 2.91 bits per heavy atom. The molecule has 1 fully saturated rings. The second-order valence-corrected chi connectivity index (χ2v) is 5.44. The minimum absolute atomic E-state index is 0.110. The maximum Gasteiger partial charge on any atom is 0.290 e. The predicted octanol–water partition coefficient (Wildman–Crippen LogP) is 2.73. The fourth-order valence-electron chi connectivity index (χ4n) is 2.74. The molecule has 0 radical (unpaired) electrons. The molecule has 0 spiro atoms. The van der Waals surface area contributed by atoms with Gasteiger partial charge in [-0.25, -0.2) is 0 Å². The minimum Gasteiger partial charge on any atom is -0.496 e. The summed E-state index contributed by atoms with van der Waals surface area (Å²) in [6, 6.07) is 10.8. The Morgan fingerprint density at radius 2 is 2.18 bits per heavy atom. The van der Waals surface area contributed by atoms with E-state index in [4.69, 9.17) is 20.8 Å². The fourth-order valence-corrected chi connectivity index (χ4v) is 2.88. The number of amides is 1. The summed E-state index contributed by atoms with van der Waals surface area (Å²) < 4.78 is 10.7. The van der Waals surface area contributed by atoms with E-state index in [1.165, 1.54) is 0 Å². The first-order valence-electron chi connectivity index (χ1n) is 7.10. The number of methoxy groups -OCH3 is 1. The first-order chi connectivity index (χ1) is 10.7. The van der Waals surface area contributed by atoms with Gasteiger partial charge in [-0.05, 0) is 29.8 Å². The summed E-state index contributed by atoms with van der Waals surface area (Å²) in [7, 11) is 1.63. The average Bonchev–Trinajstić information content (AvgIpc) is 3.00. The van der Waals surface area contributed by atoms with Crippen molar-refractivity contribution in [2.24, 2.45) is 0 Å². The predicted molar refractivity (Wildman–Crippen MR) is 83.4 cm³/mol. The molecule has 0 aliphatic carbocycles. The highest BCUT2D eigenvalue weighted by Gasteiger charge is 2.31. The van der Waals surface area contributed by atoms with Crippen LogP contribution >= 0.6 is 11.6 Å². The largest absolute Gasteiger partial charge is 0.496 e. The summed E-state index contributed by atoms with van der Waals surface area (Å²) in [6.07, 6.45) is 0. The zero-order valence-corrected chi connectivity index (χ0v) is 13.0. The van der Waals surface area contributed by atoms with Crippen LogP contribution in [0.3, 0.4) is 0 Å². The zero-order chi connectivity index (χ0) is 15.5. The summed E-state index contributed by atoms with van der Waals surface area (Å²) in [5.74, 6) is 0.864. The maximum absolute atomic E-state index is 12.7. The molecule has 2 heterocycles. The molecule has 1 atom stereocenters. The van der Waals surface area contributed by atoms with Gasteiger partial charge in [-0.2, -0.15) is 0 Å². The number of carbonyl (C=O) groups excluding carboxylic acids is 1. The van der Waals surface area contributed by atoms with Crippen LogP contribution in [0.15, 0.2) is 40.8 Å². The van der Waals surface area contributed by atoms with Crippen LogP contribution in [0.4, 0.5) is 0 Å². The molecule has 1 aromatic carbocycles. The van der Waals surface area contributed by atoms with Crippen molar-refractivity contribution in [2.75, 3.05) is 26.7 Å². The van der Waals surface area contributed by atoms with Crippen molar-refractivity contribution in [2.45, 2.75) is 6.04 Å². The van der Waals surface area contributed by atoms with E-state index < -0.39 is 0 Å². The monoisotopic (exact) mass is 320 g/mol. The number of furan rings is 1. The van der Waals surface area contributed by atoms with Crippen molar-refractivity contribution in [3.63, 3.8) is 0 Å². The molecule has 116 valence electrons. The highest BCUT2D eigenvalue weighted by atomic mass is 35.5. The summed E-state index contributed by atoms with van der Waals surface area (Å²) in [4.78, 5) is 14.5. The van der Waals surface area contributed by atoms with Crippen molar-refractivity contribution in [1.29, 1.82) is 0 Å². The fraction of sp³-hybridized carbons (Fsp3) is 0.312. The number of hydrogen-bond acceptors (Lipinski definition) is 4. The smallest absolute Gasteiger partial charge is 0.290 e. The topological polar surface area (TPSA) is 54.7 Å². The van der Waals surface area contributed by atoms with Crippen LogP contribution in [0.25, 0.3) is 0 Å². The Bertz CT molecular complexity index is 671. The SMILES string of the molecule is COc1ccccc1C1CNCCN1C(=O)c1ccc(Cl)o1. The number of hydrogen-bond donors (Lipinski definition) is 1. The van der Waals surface area contributed by atoms with Gasteiger partial charge in [0, 0.05) is 25.2 Å². The molecule has 1 N–H and O–H groups in total. The lowest BCUT2D eigenvalue weighted by Gasteiger charge is -2.36. The summed E-state index contributed by atoms with van der Waals surface area (Å²) in [5, 5.41) is 3.54. The van der Waals surface area contributed by atoms with Crippen LogP contribution in [-0.2, 0) is 0 Å². The van der Waals surface area contributed by atoms with E-state index in [0.717, 1.165) is 17.9 Å². The van der Waals surface area contributed by atoms with Crippen LogP contribution in [0.1, 0.15) is 22.2 Å². The average molecular weight is 321 g/mol. The first-order valence-corrected chi connectivity index (χ1v) is 7.48. The molecule has 1 aliphatic rings. The third-order valence-electron chi connectivity index (χ3n) is 3.79. The lowest BCUT2D eigenvalue weighted by atomic mass is 10.0. The van der Waals surface area contributed by atoms with Crippen molar-refractivity contribution < 1.29 is 13.9 Å². The van der Waals surface area contributed by atoms with Crippen LogP contribution in [-0.4, -0.2) is 37.6 Å². The molecule has 3 rings (SSSR count). The lowest BCUT2D eigenvalue weighted by Crippen LogP contribution is -2.48. The van der Waals surface area contributed by atoms with Gasteiger partial charge in [0.2, 0.25) is 0 Å². The Kier molecular flexibility index (Phi) is 4.36. The Labute approximate surface area is 133 Å². The number of halogens is 1. The van der Waals surface area contributed by atoms with Gasteiger partial charge in [-0.15, -0.1) is 0 Å². The second kappa shape index (κ2) is 6.42. The normalized spacial score (nSPS) is 18.3. The number of benzene rings is 1. The number of rotatable bonds is 3. The van der Waals surface area contributed by atoms with Crippen molar-refractivity contribution in [3.05, 3.63) is 52.9 Å².